The van der Waals surface area contributed by atoms with E-state index in [0.29, 0.717) is 0 Å². The van der Waals surface area contributed by atoms with Crippen molar-refractivity contribution in [2.45, 2.75) is 45.4 Å². The second-order valence-corrected chi connectivity index (χ2v) is 8.38. The number of rotatable bonds is 11. The van der Waals surface area contributed by atoms with Crippen LogP contribution in [0.25, 0.3) is 0 Å². The molecule has 0 atom stereocenters. The molecule has 0 saturated carbocycles. The fourth-order valence-electron chi connectivity index (χ4n) is 4.33. The fourth-order valence-corrected chi connectivity index (χ4v) is 4.33. The molecule has 30 heavy (non-hydrogen) atoms. The van der Waals surface area contributed by atoms with E-state index in [1.807, 2.05) is 0 Å². The van der Waals surface area contributed by atoms with Crippen LogP contribution < -0.4 is 9.38 Å². The molecule has 0 N–H and O–H groups in total. The molecule has 2 nitrogen and oxygen atoms in total. The number of hydrogen-bond donors (Lipinski definition) is 0. The molecule has 0 amide bonds. The molecule has 3 rings (SSSR count). The van der Waals surface area contributed by atoms with Crippen LogP contribution in [-0.2, 0) is 0 Å². The van der Waals surface area contributed by atoms with Crippen LogP contribution in [0, 0.1) is 0 Å². The Kier molecular flexibility index (Phi) is 8.10. The Hall–Kier alpha value is -2.58. The van der Waals surface area contributed by atoms with E-state index < -0.39 is 0 Å². The lowest BCUT2D eigenvalue weighted by Crippen LogP contribution is -2.39. The third kappa shape index (κ3) is 5.12. The van der Waals surface area contributed by atoms with Gasteiger partial charge in [-0.3, -0.25) is 0 Å². The molecule has 3 aromatic carbocycles. The first-order chi connectivity index (χ1) is 14.7. The highest BCUT2D eigenvalue weighted by molar-refractivity contribution is 5.72. The second kappa shape index (κ2) is 11.0. The molecule has 2 heteroatoms. The van der Waals surface area contributed by atoms with E-state index in [1.165, 1.54) is 61.3 Å². The number of anilines is 1. The first-order valence-corrected chi connectivity index (χ1v) is 11.5. The van der Waals surface area contributed by atoms with E-state index in [9.17, 15) is 0 Å². The number of quaternary nitrogens is 1. The Labute approximate surface area is 183 Å². The molecule has 0 spiro atoms. The lowest BCUT2D eigenvalue weighted by atomic mass is 10.1. The molecule has 3 aromatic rings. The summed E-state index contributed by atoms with van der Waals surface area (Å²) in [6, 6.07) is 31.1. The highest BCUT2D eigenvalue weighted by Gasteiger charge is 2.35. The summed E-state index contributed by atoms with van der Waals surface area (Å²) < 4.78 is 0.767. The van der Waals surface area contributed by atoms with E-state index >= 15 is 0 Å². The molecule has 0 fully saturated rings. The molecule has 0 aliphatic rings. The third-order valence-electron chi connectivity index (χ3n) is 6.05. The number of para-hydroxylation sites is 2. The summed E-state index contributed by atoms with van der Waals surface area (Å²) in [6.45, 7) is 3.35. The van der Waals surface area contributed by atoms with E-state index in [1.54, 1.807) is 0 Å². The summed E-state index contributed by atoms with van der Waals surface area (Å²) in [5.41, 5.74) is 5.22. The monoisotopic (exact) mass is 401 g/mol. The third-order valence-corrected chi connectivity index (χ3v) is 6.05. The molecule has 158 valence electrons. The molecule has 0 unspecified atom stereocenters. The van der Waals surface area contributed by atoms with Gasteiger partial charge < -0.3 is 4.90 Å². The van der Waals surface area contributed by atoms with Crippen molar-refractivity contribution < 1.29 is 0 Å². The van der Waals surface area contributed by atoms with Gasteiger partial charge in [-0.05, 0) is 49.2 Å². The Morgan fingerprint density at radius 1 is 0.567 bits per heavy atom. The van der Waals surface area contributed by atoms with Gasteiger partial charge in [0.15, 0.2) is 0 Å². The normalized spacial score (nSPS) is 11.4. The van der Waals surface area contributed by atoms with Gasteiger partial charge in [-0.15, -0.1) is 0 Å². The van der Waals surface area contributed by atoms with Crippen LogP contribution in [0.2, 0.25) is 0 Å². The van der Waals surface area contributed by atoms with Crippen molar-refractivity contribution in [1.82, 2.24) is 4.48 Å². The van der Waals surface area contributed by atoms with Crippen LogP contribution in [0.15, 0.2) is 84.9 Å². The summed E-state index contributed by atoms with van der Waals surface area (Å²) in [4.78, 5) is 2.16. The van der Waals surface area contributed by atoms with Crippen molar-refractivity contribution in [2.75, 3.05) is 25.5 Å². The quantitative estimate of drug-likeness (QED) is 0.232. The van der Waals surface area contributed by atoms with E-state index in [4.69, 9.17) is 0 Å². The first kappa shape index (κ1) is 22.1. The van der Waals surface area contributed by atoms with Gasteiger partial charge in [-0.25, -0.2) is 4.48 Å². The molecule has 0 radical (unpaired) electrons. The van der Waals surface area contributed by atoms with Gasteiger partial charge in [0.1, 0.15) is 17.1 Å². The fraction of sp³-hybridized carbons (Fsp3) is 0.357. The van der Waals surface area contributed by atoms with Gasteiger partial charge in [0.25, 0.3) is 0 Å². The minimum absolute atomic E-state index is 0.767. The highest BCUT2D eigenvalue weighted by Crippen LogP contribution is 2.44. The zero-order chi connectivity index (χ0) is 21.2. The Balaban J connectivity index is 2.02. The summed E-state index contributed by atoms with van der Waals surface area (Å²) in [7, 11) is 4.20. The molecular weight excluding hydrogens is 364 g/mol. The molecule has 0 aromatic heterocycles. The SMILES string of the molecule is CCCCCCCC[N+](c1ccccc1)(c1ccccc1)c1ccc(N(C)C)cc1. The van der Waals surface area contributed by atoms with Crippen LogP contribution in [0.4, 0.5) is 22.7 Å². The summed E-state index contributed by atoms with van der Waals surface area (Å²) in [5.74, 6) is 0. The van der Waals surface area contributed by atoms with Crippen molar-refractivity contribution in [2.24, 2.45) is 0 Å². The predicted molar refractivity (Wildman–Crippen MR) is 133 cm³/mol. The zero-order valence-corrected chi connectivity index (χ0v) is 18.9. The van der Waals surface area contributed by atoms with Crippen molar-refractivity contribution in [3.63, 3.8) is 0 Å². The maximum Gasteiger partial charge on any atom is 0.143 e. The van der Waals surface area contributed by atoms with Crippen LogP contribution in [-0.4, -0.2) is 20.6 Å². The molecule has 0 heterocycles. The average molecular weight is 402 g/mol. The Bertz CT molecular complexity index is 815. The van der Waals surface area contributed by atoms with Gasteiger partial charge in [0.05, 0.1) is 6.54 Å². The average Bonchev–Trinajstić information content (AvgIpc) is 2.80. The van der Waals surface area contributed by atoms with Crippen LogP contribution in [0.1, 0.15) is 45.4 Å². The first-order valence-electron chi connectivity index (χ1n) is 11.5. The standard InChI is InChI=1S/C28H37N2/c1-4-5-6-7-8-15-24-30(26-16-11-9-12-17-26,27-18-13-10-14-19-27)28-22-20-25(21-23-28)29(2)3/h9-14,16-23H,4-8,15,24H2,1-3H3/q+1. The lowest BCUT2D eigenvalue weighted by molar-refractivity contribution is 0.475. The van der Waals surface area contributed by atoms with Crippen LogP contribution >= 0.6 is 0 Å². The zero-order valence-electron chi connectivity index (χ0n) is 18.9. The van der Waals surface area contributed by atoms with Gasteiger partial charge in [0.2, 0.25) is 0 Å². The minimum atomic E-state index is 0.767. The maximum atomic E-state index is 2.31. The van der Waals surface area contributed by atoms with E-state index in [0.717, 1.165) is 11.0 Å². The number of benzene rings is 3. The smallest absolute Gasteiger partial charge is 0.143 e. The van der Waals surface area contributed by atoms with Crippen LogP contribution in [0.3, 0.4) is 0 Å². The van der Waals surface area contributed by atoms with Crippen molar-refractivity contribution in [3.8, 4) is 0 Å². The maximum absolute atomic E-state index is 2.31. The molecule has 0 aliphatic carbocycles. The molecular formula is C28H37N2+. The van der Waals surface area contributed by atoms with Crippen molar-refractivity contribution in [1.29, 1.82) is 0 Å². The highest BCUT2D eigenvalue weighted by atomic mass is 15.4. The summed E-state index contributed by atoms with van der Waals surface area (Å²) in [6.07, 6.45) is 7.83. The summed E-state index contributed by atoms with van der Waals surface area (Å²) in [5, 5.41) is 0. The predicted octanol–water partition coefficient (Wildman–Crippen LogP) is 8.08. The van der Waals surface area contributed by atoms with Gasteiger partial charge in [-0.1, -0.05) is 69.0 Å². The molecule has 0 aliphatic heterocycles. The van der Waals surface area contributed by atoms with Crippen LogP contribution in [0.5, 0.6) is 0 Å². The van der Waals surface area contributed by atoms with Crippen molar-refractivity contribution >= 4 is 22.7 Å². The molecule has 0 saturated heterocycles. The van der Waals surface area contributed by atoms with Crippen molar-refractivity contribution in [3.05, 3.63) is 84.9 Å². The Morgan fingerprint density at radius 2 is 1.03 bits per heavy atom. The van der Waals surface area contributed by atoms with Gasteiger partial charge in [0, 0.05) is 31.9 Å². The number of hydrogen-bond acceptors (Lipinski definition) is 1. The van der Waals surface area contributed by atoms with Gasteiger partial charge in [-0.2, -0.15) is 0 Å². The van der Waals surface area contributed by atoms with E-state index in [2.05, 4.69) is 111 Å². The second-order valence-electron chi connectivity index (χ2n) is 8.38. The summed E-state index contributed by atoms with van der Waals surface area (Å²) >= 11 is 0. The largest absolute Gasteiger partial charge is 0.378 e. The number of unbranched alkanes of at least 4 members (excludes halogenated alkanes) is 5. The Morgan fingerprint density at radius 3 is 1.53 bits per heavy atom. The molecule has 0 bridgehead atoms. The number of nitrogens with zero attached hydrogens (tertiary/aromatic N) is 2. The van der Waals surface area contributed by atoms with Gasteiger partial charge >= 0.3 is 0 Å². The minimum Gasteiger partial charge on any atom is -0.378 e. The lowest BCUT2D eigenvalue weighted by Gasteiger charge is -2.38. The van der Waals surface area contributed by atoms with E-state index in [-0.39, 0.29) is 0 Å². The topological polar surface area (TPSA) is 3.24 Å².